The number of benzene rings is 1. The highest BCUT2D eigenvalue weighted by atomic mass is 16.2. The molecule has 0 atom stereocenters. The molecule has 0 unspecified atom stereocenters. The van der Waals surface area contributed by atoms with Crippen LogP contribution in [-0.4, -0.2) is 24.8 Å². The zero-order valence-corrected chi connectivity index (χ0v) is 15.7. The van der Waals surface area contributed by atoms with Crippen LogP contribution in [0.25, 0.3) is 0 Å². The van der Waals surface area contributed by atoms with Crippen LogP contribution in [0.2, 0.25) is 0 Å². The van der Waals surface area contributed by atoms with Gasteiger partial charge in [0.05, 0.1) is 12.2 Å². The van der Waals surface area contributed by atoms with Crippen molar-refractivity contribution < 1.29 is 4.79 Å². The first-order valence-corrected chi connectivity index (χ1v) is 8.44. The second-order valence-electron chi connectivity index (χ2n) is 6.50. The molecular formula is C19H21N5O3. The minimum absolute atomic E-state index is 0.153. The molecule has 1 amide bonds. The van der Waals surface area contributed by atoms with Gasteiger partial charge in [0.25, 0.3) is 11.5 Å². The van der Waals surface area contributed by atoms with Gasteiger partial charge in [-0.05, 0) is 37.6 Å². The van der Waals surface area contributed by atoms with Crippen LogP contribution in [0.1, 0.15) is 27.3 Å². The Morgan fingerprint density at radius 1 is 1.04 bits per heavy atom. The summed E-state index contributed by atoms with van der Waals surface area (Å²) in [5, 5.41) is 7.04. The van der Waals surface area contributed by atoms with E-state index >= 15 is 0 Å². The lowest BCUT2D eigenvalue weighted by atomic mass is 10.1. The van der Waals surface area contributed by atoms with Gasteiger partial charge in [0.1, 0.15) is 5.82 Å². The fourth-order valence-corrected chi connectivity index (χ4v) is 2.81. The zero-order valence-electron chi connectivity index (χ0n) is 15.7. The standard InChI is InChI=1S/C19H21N5O3/c1-12-9-13(2)24(21-12)11-14-5-7-15(8-6-14)18(26)20-16-10-17(25)23(4)19(27)22(16)3/h5-10H,11H2,1-4H3,(H,20,26). The summed E-state index contributed by atoms with van der Waals surface area (Å²) in [6.07, 6.45) is 0. The number of hydrogen-bond acceptors (Lipinski definition) is 4. The van der Waals surface area contributed by atoms with Crippen LogP contribution >= 0.6 is 0 Å². The van der Waals surface area contributed by atoms with Gasteiger partial charge in [-0.25, -0.2) is 4.79 Å². The predicted octanol–water partition coefficient (Wildman–Crippen LogP) is 1.20. The quantitative estimate of drug-likeness (QED) is 0.750. The number of aryl methyl sites for hydroxylation is 2. The molecule has 3 aromatic rings. The first kappa shape index (κ1) is 18.4. The van der Waals surface area contributed by atoms with E-state index in [1.165, 1.54) is 24.7 Å². The van der Waals surface area contributed by atoms with Crippen molar-refractivity contribution in [2.24, 2.45) is 14.1 Å². The summed E-state index contributed by atoms with van der Waals surface area (Å²) in [5.41, 5.74) is 2.50. The topological polar surface area (TPSA) is 90.9 Å². The van der Waals surface area contributed by atoms with Gasteiger partial charge in [-0.2, -0.15) is 5.10 Å². The Labute approximate surface area is 155 Å². The van der Waals surface area contributed by atoms with Crippen molar-refractivity contribution in [3.8, 4) is 0 Å². The average Bonchev–Trinajstić information content (AvgIpc) is 2.95. The number of aromatic nitrogens is 4. The van der Waals surface area contributed by atoms with Crippen LogP contribution < -0.4 is 16.6 Å². The SMILES string of the molecule is Cc1cc(C)n(Cc2ccc(C(=O)Nc3cc(=O)n(C)c(=O)n3C)cc2)n1. The maximum absolute atomic E-state index is 12.4. The molecule has 0 spiro atoms. The van der Waals surface area contributed by atoms with Crippen molar-refractivity contribution in [1.82, 2.24) is 18.9 Å². The summed E-state index contributed by atoms with van der Waals surface area (Å²) < 4.78 is 4.10. The Hall–Kier alpha value is -3.42. The fraction of sp³-hybridized carbons (Fsp3) is 0.263. The number of rotatable bonds is 4. The molecule has 0 radical (unpaired) electrons. The third-order valence-corrected chi connectivity index (χ3v) is 4.42. The molecule has 0 saturated carbocycles. The van der Waals surface area contributed by atoms with Gasteiger partial charge in [0.2, 0.25) is 0 Å². The van der Waals surface area contributed by atoms with Gasteiger partial charge in [-0.3, -0.25) is 23.4 Å². The Bertz CT molecular complexity index is 1120. The fourth-order valence-electron chi connectivity index (χ4n) is 2.81. The molecule has 2 heterocycles. The van der Waals surface area contributed by atoms with Crippen molar-refractivity contribution in [3.63, 3.8) is 0 Å². The van der Waals surface area contributed by atoms with Crippen LogP contribution in [0.3, 0.4) is 0 Å². The second-order valence-corrected chi connectivity index (χ2v) is 6.50. The van der Waals surface area contributed by atoms with Crippen molar-refractivity contribution in [1.29, 1.82) is 0 Å². The van der Waals surface area contributed by atoms with E-state index in [2.05, 4.69) is 10.4 Å². The highest BCUT2D eigenvalue weighted by molar-refractivity contribution is 6.03. The lowest BCUT2D eigenvalue weighted by Gasteiger charge is -2.11. The molecule has 3 rings (SSSR count). The maximum Gasteiger partial charge on any atom is 0.332 e. The van der Waals surface area contributed by atoms with E-state index in [0.29, 0.717) is 12.1 Å². The molecule has 0 fully saturated rings. The minimum atomic E-state index is -0.502. The van der Waals surface area contributed by atoms with Crippen molar-refractivity contribution >= 4 is 11.7 Å². The van der Waals surface area contributed by atoms with Gasteiger partial charge >= 0.3 is 5.69 Å². The summed E-state index contributed by atoms with van der Waals surface area (Å²) >= 11 is 0. The molecule has 0 bridgehead atoms. The first-order chi connectivity index (χ1) is 12.8. The normalized spacial score (nSPS) is 10.8. The molecule has 0 aliphatic rings. The molecule has 140 valence electrons. The molecule has 8 heteroatoms. The van der Waals surface area contributed by atoms with Gasteiger partial charge in [0.15, 0.2) is 0 Å². The van der Waals surface area contributed by atoms with Gasteiger partial charge in [-0.15, -0.1) is 0 Å². The molecule has 1 aromatic carbocycles. The first-order valence-electron chi connectivity index (χ1n) is 8.44. The van der Waals surface area contributed by atoms with E-state index in [4.69, 9.17) is 0 Å². The summed E-state index contributed by atoms with van der Waals surface area (Å²) in [5.74, 6) is -0.240. The molecule has 0 aliphatic carbocycles. The van der Waals surface area contributed by atoms with Crippen molar-refractivity contribution in [2.75, 3.05) is 5.32 Å². The van der Waals surface area contributed by atoms with Crippen LogP contribution in [0.15, 0.2) is 46.0 Å². The molecule has 8 nitrogen and oxygen atoms in total. The number of nitrogens with one attached hydrogen (secondary N) is 1. The molecule has 0 saturated heterocycles. The van der Waals surface area contributed by atoms with Crippen molar-refractivity contribution in [2.45, 2.75) is 20.4 Å². The van der Waals surface area contributed by atoms with Crippen molar-refractivity contribution in [3.05, 3.63) is 79.8 Å². The number of nitrogens with zero attached hydrogens (tertiary/aromatic N) is 4. The van der Waals surface area contributed by atoms with E-state index in [1.54, 1.807) is 12.1 Å². The van der Waals surface area contributed by atoms with Crippen LogP contribution in [0.5, 0.6) is 0 Å². The number of carbonyl (C=O) groups is 1. The smallest absolute Gasteiger partial charge is 0.308 e. The van der Waals surface area contributed by atoms with E-state index in [-0.39, 0.29) is 5.82 Å². The van der Waals surface area contributed by atoms with Gasteiger partial charge in [0, 0.05) is 31.4 Å². The summed E-state index contributed by atoms with van der Waals surface area (Å²) in [6, 6.07) is 10.3. The number of carbonyl (C=O) groups excluding carboxylic acids is 1. The summed E-state index contributed by atoms with van der Waals surface area (Å²) in [6.45, 7) is 4.56. The number of hydrogen-bond donors (Lipinski definition) is 1. The third-order valence-electron chi connectivity index (χ3n) is 4.42. The largest absolute Gasteiger partial charge is 0.332 e. The van der Waals surface area contributed by atoms with E-state index in [0.717, 1.165) is 21.5 Å². The minimum Gasteiger partial charge on any atom is -0.308 e. The van der Waals surface area contributed by atoms with Gasteiger partial charge < -0.3 is 5.32 Å². The van der Waals surface area contributed by atoms with E-state index in [1.807, 2.05) is 36.7 Å². The maximum atomic E-state index is 12.4. The summed E-state index contributed by atoms with van der Waals surface area (Å²) in [4.78, 5) is 36.2. The Morgan fingerprint density at radius 2 is 1.70 bits per heavy atom. The average molecular weight is 367 g/mol. The molecule has 1 N–H and O–H groups in total. The third kappa shape index (κ3) is 3.74. The van der Waals surface area contributed by atoms with E-state index in [9.17, 15) is 14.4 Å². The highest BCUT2D eigenvalue weighted by Gasteiger charge is 2.11. The molecule has 27 heavy (non-hydrogen) atoms. The second kappa shape index (κ2) is 7.06. The number of amides is 1. The zero-order chi connectivity index (χ0) is 19.7. The lowest BCUT2D eigenvalue weighted by molar-refractivity contribution is 0.102. The predicted molar refractivity (Wildman–Crippen MR) is 102 cm³/mol. The lowest BCUT2D eigenvalue weighted by Crippen LogP contribution is -2.38. The summed E-state index contributed by atoms with van der Waals surface area (Å²) in [7, 11) is 2.88. The Kier molecular flexibility index (Phi) is 4.81. The molecular weight excluding hydrogens is 346 g/mol. The molecule has 2 aromatic heterocycles. The monoisotopic (exact) mass is 367 g/mol. The van der Waals surface area contributed by atoms with Crippen LogP contribution in [0.4, 0.5) is 5.82 Å². The van der Waals surface area contributed by atoms with Gasteiger partial charge in [-0.1, -0.05) is 12.1 Å². The molecule has 0 aliphatic heterocycles. The highest BCUT2D eigenvalue weighted by Crippen LogP contribution is 2.11. The van der Waals surface area contributed by atoms with Crippen LogP contribution in [0, 0.1) is 13.8 Å². The Morgan fingerprint density at radius 3 is 2.30 bits per heavy atom. The Balaban J connectivity index is 1.78. The number of anilines is 1. The van der Waals surface area contributed by atoms with Crippen LogP contribution in [-0.2, 0) is 20.6 Å². The van der Waals surface area contributed by atoms with E-state index < -0.39 is 17.2 Å².